The van der Waals surface area contributed by atoms with Gasteiger partial charge in [0.25, 0.3) is 0 Å². The minimum atomic E-state index is 0.777. The number of hydrogen-bond acceptors (Lipinski definition) is 2. The fourth-order valence-electron chi connectivity index (χ4n) is 0.695. The molecule has 0 aliphatic rings. The van der Waals surface area contributed by atoms with Gasteiger partial charge in [-0.25, -0.2) is 0 Å². The first-order valence-electron chi connectivity index (χ1n) is 3.14. The van der Waals surface area contributed by atoms with Crippen molar-refractivity contribution >= 4 is 6.08 Å². The third kappa shape index (κ3) is 1.90. The SMILES string of the molecule is C/C(N)=C\c1ccccn1. The highest BCUT2D eigenvalue weighted by Crippen LogP contribution is 1.97. The van der Waals surface area contributed by atoms with Crippen molar-refractivity contribution in [2.45, 2.75) is 6.92 Å². The molecule has 0 radical (unpaired) electrons. The van der Waals surface area contributed by atoms with Crippen LogP contribution < -0.4 is 5.73 Å². The van der Waals surface area contributed by atoms with E-state index in [1.54, 1.807) is 6.20 Å². The normalized spacial score (nSPS) is 11.5. The number of aromatic nitrogens is 1. The first-order valence-corrected chi connectivity index (χ1v) is 3.14. The van der Waals surface area contributed by atoms with Gasteiger partial charge in [-0.15, -0.1) is 0 Å². The van der Waals surface area contributed by atoms with Crippen LogP contribution in [-0.2, 0) is 0 Å². The lowest BCUT2D eigenvalue weighted by Crippen LogP contribution is -1.90. The van der Waals surface area contributed by atoms with Gasteiger partial charge in [0.1, 0.15) is 0 Å². The zero-order valence-electron chi connectivity index (χ0n) is 5.91. The average Bonchev–Trinajstić information content (AvgIpc) is 1.88. The highest BCUT2D eigenvalue weighted by atomic mass is 14.7. The van der Waals surface area contributed by atoms with Gasteiger partial charge >= 0.3 is 0 Å². The molecule has 0 aliphatic heterocycles. The molecular formula is C8H10N2. The smallest absolute Gasteiger partial charge is 0.0646 e. The van der Waals surface area contributed by atoms with Gasteiger partial charge in [0.15, 0.2) is 0 Å². The van der Waals surface area contributed by atoms with Crippen LogP contribution in [0.15, 0.2) is 30.1 Å². The lowest BCUT2D eigenvalue weighted by molar-refractivity contribution is 1.27. The topological polar surface area (TPSA) is 38.9 Å². The molecule has 0 bridgehead atoms. The maximum absolute atomic E-state index is 5.45. The number of rotatable bonds is 1. The highest BCUT2D eigenvalue weighted by molar-refractivity contribution is 5.46. The molecule has 2 N–H and O–H groups in total. The molecule has 0 amide bonds. The van der Waals surface area contributed by atoms with E-state index in [0.29, 0.717) is 0 Å². The van der Waals surface area contributed by atoms with Crippen molar-refractivity contribution in [2.24, 2.45) is 5.73 Å². The first-order chi connectivity index (χ1) is 4.79. The quantitative estimate of drug-likeness (QED) is 0.630. The van der Waals surface area contributed by atoms with Crippen molar-refractivity contribution in [1.82, 2.24) is 4.98 Å². The molecule has 1 aromatic heterocycles. The molecule has 1 aromatic rings. The second-order valence-corrected chi connectivity index (χ2v) is 2.14. The fourth-order valence-corrected chi connectivity index (χ4v) is 0.695. The Morgan fingerprint density at radius 2 is 2.40 bits per heavy atom. The molecule has 1 rings (SSSR count). The van der Waals surface area contributed by atoms with Crippen LogP contribution in [-0.4, -0.2) is 4.98 Å². The standard InChI is InChI=1S/C8H10N2/c1-7(9)6-8-4-2-3-5-10-8/h2-6H,9H2,1H3/b7-6+. The molecule has 0 aliphatic carbocycles. The van der Waals surface area contributed by atoms with Crippen LogP contribution in [0.3, 0.4) is 0 Å². The lowest BCUT2D eigenvalue weighted by Gasteiger charge is -1.90. The van der Waals surface area contributed by atoms with Crippen LogP contribution in [0.1, 0.15) is 12.6 Å². The van der Waals surface area contributed by atoms with Crippen molar-refractivity contribution in [2.75, 3.05) is 0 Å². The Bertz CT molecular complexity index is 222. The molecule has 0 fully saturated rings. The van der Waals surface area contributed by atoms with Gasteiger partial charge in [-0.2, -0.15) is 0 Å². The Kier molecular flexibility index (Phi) is 2.05. The Hall–Kier alpha value is -1.31. The lowest BCUT2D eigenvalue weighted by atomic mass is 10.3. The van der Waals surface area contributed by atoms with E-state index in [0.717, 1.165) is 11.4 Å². The van der Waals surface area contributed by atoms with Crippen LogP contribution in [0.25, 0.3) is 6.08 Å². The molecule has 52 valence electrons. The minimum absolute atomic E-state index is 0.777. The highest BCUT2D eigenvalue weighted by Gasteiger charge is 1.84. The summed E-state index contributed by atoms with van der Waals surface area (Å²) in [5.74, 6) is 0. The molecule has 2 heteroatoms. The average molecular weight is 134 g/mol. The van der Waals surface area contributed by atoms with Crippen molar-refractivity contribution in [3.63, 3.8) is 0 Å². The zero-order valence-corrected chi connectivity index (χ0v) is 5.91. The van der Waals surface area contributed by atoms with Gasteiger partial charge < -0.3 is 5.73 Å². The summed E-state index contributed by atoms with van der Waals surface area (Å²) in [5, 5.41) is 0. The van der Waals surface area contributed by atoms with E-state index < -0.39 is 0 Å². The van der Waals surface area contributed by atoms with Crippen molar-refractivity contribution in [3.05, 3.63) is 35.8 Å². The number of allylic oxidation sites excluding steroid dienone is 1. The summed E-state index contributed by atoms with van der Waals surface area (Å²) in [4.78, 5) is 4.06. The molecule has 2 nitrogen and oxygen atoms in total. The third-order valence-electron chi connectivity index (χ3n) is 1.06. The Morgan fingerprint density at radius 1 is 1.60 bits per heavy atom. The second-order valence-electron chi connectivity index (χ2n) is 2.14. The molecule has 10 heavy (non-hydrogen) atoms. The van der Waals surface area contributed by atoms with Gasteiger partial charge in [-0.3, -0.25) is 4.98 Å². The maximum atomic E-state index is 5.45. The van der Waals surface area contributed by atoms with Crippen molar-refractivity contribution in [1.29, 1.82) is 0 Å². The summed E-state index contributed by atoms with van der Waals surface area (Å²) in [6, 6.07) is 5.72. The summed E-state index contributed by atoms with van der Waals surface area (Å²) >= 11 is 0. The Balaban J connectivity index is 2.87. The molecule has 0 saturated heterocycles. The van der Waals surface area contributed by atoms with Gasteiger partial charge in [0.05, 0.1) is 5.69 Å². The maximum Gasteiger partial charge on any atom is 0.0646 e. The van der Waals surface area contributed by atoms with E-state index in [-0.39, 0.29) is 0 Å². The van der Waals surface area contributed by atoms with Crippen LogP contribution in [0.2, 0.25) is 0 Å². The molecule has 0 spiro atoms. The predicted octanol–water partition coefficient (Wildman–Crippen LogP) is 1.40. The molecule has 0 atom stereocenters. The summed E-state index contributed by atoms with van der Waals surface area (Å²) in [5.41, 5.74) is 7.13. The van der Waals surface area contributed by atoms with E-state index in [4.69, 9.17) is 5.73 Å². The first kappa shape index (κ1) is 6.81. The summed E-state index contributed by atoms with van der Waals surface area (Å²) in [6.07, 6.45) is 3.58. The Morgan fingerprint density at radius 3 is 2.90 bits per heavy atom. The Labute approximate surface area is 60.4 Å². The molecule has 0 saturated carbocycles. The van der Waals surface area contributed by atoms with Gasteiger partial charge in [-0.1, -0.05) is 6.07 Å². The fraction of sp³-hybridized carbons (Fsp3) is 0.125. The number of pyridine rings is 1. The van der Waals surface area contributed by atoms with Crippen LogP contribution in [0, 0.1) is 0 Å². The predicted molar refractivity (Wildman–Crippen MR) is 42.1 cm³/mol. The van der Waals surface area contributed by atoms with Gasteiger partial charge in [0, 0.05) is 11.9 Å². The van der Waals surface area contributed by atoms with Gasteiger partial charge in [-0.05, 0) is 25.1 Å². The van der Waals surface area contributed by atoms with Crippen LogP contribution in [0.5, 0.6) is 0 Å². The molecule has 0 aromatic carbocycles. The van der Waals surface area contributed by atoms with Crippen LogP contribution >= 0.6 is 0 Å². The van der Waals surface area contributed by atoms with Crippen molar-refractivity contribution in [3.8, 4) is 0 Å². The zero-order chi connectivity index (χ0) is 7.40. The van der Waals surface area contributed by atoms with Crippen molar-refractivity contribution < 1.29 is 0 Å². The third-order valence-corrected chi connectivity index (χ3v) is 1.06. The summed E-state index contributed by atoms with van der Waals surface area (Å²) < 4.78 is 0. The van der Waals surface area contributed by atoms with E-state index in [9.17, 15) is 0 Å². The van der Waals surface area contributed by atoms with E-state index in [2.05, 4.69) is 4.98 Å². The summed E-state index contributed by atoms with van der Waals surface area (Å²) in [7, 11) is 0. The van der Waals surface area contributed by atoms with E-state index >= 15 is 0 Å². The molecule has 0 unspecified atom stereocenters. The number of nitrogens with zero attached hydrogens (tertiary/aromatic N) is 1. The molecule has 1 heterocycles. The number of hydrogen-bond donors (Lipinski definition) is 1. The monoisotopic (exact) mass is 134 g/mol. The van der Waals surface area contributed by atoms with E-state index in [1.165, 1.54) is 0 Å². The summed E-state index contributed by atoms with van der Waals surface area (Å²) in [6.45, 7) is 1.84. The van der Waals surface area contributed by atoms with Crippen LogP contribution in [0.4, 0.5) is 0 Å². The number of nitrogens with two attached hydrogens (primary N) is 1. The van der Waals surface area contributed by atoms with E-state index in [1.807, 2.05) is 31.2 Å². The molecular weight excluding hydrogens is 124 g/mol. The largest absolute Gasteiger partial charge is 0.402 e. The van der Waals surface area contributed by atoms with Gasteiger partial charge in [0.2, 0.25) is 0 Å². The second kappa shape index (κ2) is 3.01. The minimum Gasteiger partial charge on any atom is -0.402 e.